The van der Waals surface area contributed by atoms with Crippen molar-refractivity contribution in [3.05, 3.63) is 58.7 Å². The smallest absolute Gasteiger partial charge is 0.205 e. The Balaban J connectivity index is 1.93. The Hall–Kier alpha value is -1.92. The lowest BCUT2D eigenvalue weighted by molar-refractivity contribution is 0.103. The molecule has 6 nitrogen and oxygen atoms in total. The molecule has 1 aliphatic carbocycles. The zero-order valence-electron chi connectivity index (χ0n) is 11.6. The minimum absolute atomic E-state index is 0.245. The fourth-order valence-electron chi connectivity index (χ4n) is 2.82. The molecular weight excluding hydrogens is 337 g/mol. The summed E-state index contributed by atoms with van der Waals surface area (Å²) in [5, 5.41) is 0. The molecule has 23 heavy (non-hydrogen) atoms. The van der Waals surface area contributed by atoms with Gasteiger partial charge in [-0.15, -0.1) is 0 Å². The van der Waals surface area contributed by atoms with E-state index in [2.05, 4.69) is 4.40 Å². The van der Waals surface area contributed by atoms with Gasteiger partial charge in [-0.2, -0.15) is 4.40 Å². The lowest BCUT2D eigenvalue weighted by atomic mass is 9.83. The highest BCUT2D eigenvalue weighted by Gasteiger charge is 2.37. The second-order valence-corrected chi connectivity index (χ2v) is 7.14. The normalized spacial score (nSPS) is 17.8. The Kier molecular flexibility index (Phi) is 3.39. The molecule has 116 valence electrons. The fraction of sp³-hybridized carbons (Fsp3) is 0.0667. The van der Waals surface area contributed by atoms with Crippen LogP contribution in [0.3, 0.4) is 0 Å². The van der Waals surface area contributed by atoms with E-state index in [1.807, 2.05) is 0 Å². The van der Waals surface area contributed by atoms with Crippen LogP contribution in [-0.2, 0) is 11.0 Å². The van der Waals surface area contributed by atoms with E-state index in [0.29, 0.717) is 32.9 Å². The molecule has 4 rings (SSSR count). The van der Waals surface area contributed by atoms with Gasteiger partial charge in [0.2, 0.25) is 8.38 Å². The SMILES string of the molecule is O=C1c2cccc3c2C(=NS3=O)c2cccc(OCP(O)O)c21. The van der Waals surface area contributed by atoms with E-state index in [1.54, 1.807) is 36.4 Å². The van der Waals surface area contributed by atoms with Gasteiger partial charge in [-0.05, 0) is 12.1 Å². The van der Waals surface area contributed by atoms with Crippen LogP contribution in [-0.4, -0.2) is 31.8 Å². The second kappa shape index (κ2) is 5.32. The van der Waals surface area contributed by atoms with Crippen molar-refractivity contribution in [2.75, 3.05) is 6.35 Å². The zero-order chi connectivity index (χ0) is 16.1. The molecule has 1 atom stereocenters. The van der Waals surface area contributed by atoms with E-state index in [4.69, 9.17) is 14.5 Å². The minimum atomic E-state index is -2.23. The van der Waals surface area contributed by atoms with Crippen molar-refractivity contribution >= 4 is 30.9 Å². The van der Waals surface area contributed by atoms with Crippen molar-refractivity contribution in [2.45, 2.75) is 4.90 Å². The molecule has 0 radical (unpaired) electrons. The molecule has 2 aromatic rings. The average Bonchev–Trinajstić information content (AvgIpc) is 2.88. The van der Waals surface area contributed by atoms with Gasteiger partial charge in [0.1, 0.15) is 5.75 Å². The van der Waals surface area contributed by atoms with Crippen LogP contribution in [0.5, 0.6) is 5.75 Å². The van der Waals surface area contributed by atoms with Gasteiger partial charge < -0.3 is 14.5 Å². The van der Waals surface area contributed by atoms with Crippen molar-refractivity contribution in [3.63, 3.8) is 0 Å². The third-order valence-corrected chi connectivity index (χ3v) is 5.14. The molecule has 0 saturated heterocycles. The van der Waals surface area contributed by atoms with E-state index >= 15 is 0 Å². The van der Waals surface area contributed by atoms with Gasteiger partial charge in [-0.25, -0.2) is 4.21 Å². The van der Waals surface area contributed by atoms with Crippen molar-refractivity contribution in [3.8, 4) is 5.75 Å². The molecule has 2 aromatic carbocycles. The number of nitrogens with zero attached hydrogens (tertiary/aromatic N) is 1. The predicted molar refractivity (Wildman–Crippen MR) is 85.2 cm³/mol. The van der Waals surface area contributed by atoms with Gasteiger partial charge in [-0.1, -0.05) is 24.3 Å². The summed E-state index contributed by atoms with van der Waals surface area (Å²) in [6, 6.07) is 10.1. The Morgan fingerprint density at radius 2 is 1.83 bits per heavy atom. The van der Waals surface area contributed by atoms with E-state index < -0.39 is 19.4 Å². The number of fused-ring (bicyclic) bond motifs is 2. The average molecular weight is 347 g/mol. The maximum absolute atomic E-state index is 12.9. The third kappa shape index (κ3) is 2.16. The van der Waals surface area contributed by atoms with Crippen LogP contribution in [0, 0.1) is 0 Å². The van der Waals surface area contributed by atoms with Gasteiger partial charge in [-0.3, -0.25) is 4.79 Å². The van der Waals surface area contributed by atoms with Crippen LogP contribution in [0.25, 0.3) is 0 Å². The van der Waals surface area contributed by atoms with Gasteiger partial charge in [0.05, 0.1) is 16.2 Å². The summed E-state index contributed by atoms with van der Waals surface area (Å²) in [6.07, 6.45) is -0.287. The summed E-state index contributed by atoms with van der Waals surface area (Å²) < 4.78 is 21.7. The highest BCUT2D eigenvalue weighted by Crippen LogP contribution is 2.39. The molecule has 2 N–H and O–H groups in total. The Morgan fingerprint density at radius 3 is 2.61 bits per heavy atom. The number of ether oxygens (including phenoxy) is 1. The monoisotopic (exact) mass is 347 g/mol. The summed E-state index contributed by atoms with van der Waals surface area (Å²) >= 11 is 0. The number of ketones is 1. The second-order valence-electron chi connectivity index (χ2n) is 5.02. The maximum atomic E-state index is 12.9. The first-order chi connectivity index (χ1) is 11.1. The molecule has 2 aliphatic rings. The molecule has 1 heterocycles. The molecule has 1 unspecified atom stereocenters. The van der Waals surface area contributed by atoms with Gasteiger partial charge in [0.15, 0.2) is 23.1 Å². The Labute approximate surface area is 135 Å². The van der Waals surface area contributed by atoms with E-state index in [0.717, 1.165) is 0 Å². The van der Waals surface area contributed by atoms with Crippen LogP contribution in [0.4, 0.5) is 0 Å². The van der Waals surface area contributed by atoms with Gasteiger partial charge >= 0.3 is 0 Å². The largest absolute Gasteiger partial charge is 0.483 e. The fourth-order valence-corrected chi connectivity index (χ4v) is 4.10. The Morgan fingerprint density at radius 1 is 1.09 bits per heavy atom. The van der Waals surface area contributed by atoms with E-state index in [9.17, 15) is 9.00 Å². The van der Waals surface area contributed by atoms with Crippen molar-refractivity contribution in [2.24, 2.45) is 4.40 Å². The molecule has 8 heteroatoms. The summed E-state index contributed by atoms with van der Waals surface area (Å²) in [4.78, 5) is 31.4. The van der Waals surface area contributed by atoms with Crippen LogP contribution >= 0.6 is 8.38 Å². The molecule has 0 bridgehead atoms. The van der Waals surface area contributed by atoms with Crippen molar-refractivity contribution in [1.29, 1.82) is 0 Å². The van der Waals surface area contributed by atoms with Crippen LogP contribution in [0.1, 0.15) is 27.0 Å². The predicted octanol–water partition coefficient (Wildman–Crippen LogP) is 1.74. The number of carbonyl (C=O) groups is 1. The van der Waals surface area contributed by atoms with Crippen LogP contribution in [0.2, 0.25) is 0 Å². The zero-order valence-corrected chi connectivity index (χ0v) is 13.3. The Bertz CT molecular complexity index is 909. The minimum Gasteiger partial charge on any atom is -0.483 e. The van der Waals surface area contributed by atoms with Crippen molar-refractivity contribution in [1.82, 2.24) is 0 Å². The van der Waals surface area contributed by atoms with Crippen LogP contribution in [0.15, 0.2) is 45.7 Å². The highest BCUT2D eigenvalue weighted by atomic mass is 32.2. The maximum Gasteiger partial charge on any atom is 0.205 e. The lowest BCUT2D eigenvalue weighted by Gasteiger charge is -2.21. The summed E-state index contributed by atoms with van der Waals surface area (Å²) in [7, 11) is -3.75. The van der Waals surface area contributed by atoms with E-state index in [-0.39, 0.29) is 17.9 Å². The molecule has 0 aromatic heterocycles. The van der Waals surface area contributed by atoms with Gasteiger partial charge in [0, 0.05) is 16.7 Å². The lowest BCUT2D eigenvalue weighted by Crippen LogP contribution is -2.21. The number of rotatable bonds is 3. The first-order valence-electron chi connectivity index (χ1n) is 6.68. The first kappa shape index (κ1) is 14.7. The molecule has 0 saturated carbocycles. The summed E-state index contributed by atoms with van der Waals surface area (Å²) in [5.41, 5.74) is 2.44. The molecule has 0 fully saturated rings. The standard InChI is InChI=1S/C15H10NO5PS/c17-15-9-4-2-6-11-13(9)14(16-23(11)20)8-3-1-5-10(12(8)15)21-7-22(18)19/h1-6,18-19H,7H2. The highest BCUT2D eigenvalue weighted by molar-refractivity contribution is 7.84. The number of hydrogen-bond acceptors (Lipinski definition) is 5. The van der Waals surface area contributed by atoms with Crippen molar-refractivity contribution < 1.29 is 23.5 Å². The van der Waals surface area contributed by atoms with Gasteiger partial charge in [0.25, 0.3) is 0 Å². The molecule has 0 spiro atoms. The van der Waals surface area contributed by atoms with E-state index in [1.165, 1.54) is 0 Å². The molecular formula is C15H10NO5PS. The number of benzene rings is 2. The topological polar surface area (TPSA) is 96.2 Å². The first-order valence-corrected chi connectivity index (χ1v) is 9.22. The third-order valence-electron chi connectivity index (χ3n) is 3.71. The quantitative estimate of drug-likeness (QED) is 0.704. The number of hydrogen-bond donors (Lipinski definition) is 2. The number of carbonyl (C=O) groups excluding carboxylic acids is 1. The molecule has 0 amide bonds. The molecule has 1 aliphatic heterocycles. The summed E-state index contributed by atoms with van der Waals surface area (Å²) in [6.45, 7) is 0. The van der Waals surface area contributed by atoms with Crippen LogP contribution < -0.4 is 4.74 Å². The summed E-state index contributed by atoms with van der Waals surface area (Å²) in [5.74, 6) is 0.0186.